The quantitative estimate of drug-likeness (QED) is 0.373. The first-order valence-electron chi connectivity index (χ1n) is 10.4. The fourth-order valence-corrected chi connectivity index (χ4v) is 4.36. The molecule has 0 unspecified atom stereocenters. The van der Waals surface area contributed by atoms with Crippen molar-refractivity contribution in [1.82, 2.24) is 5.48 Å². The SMILES string of the molecule is C[C@@H](O)COc1ccc(-c2ccc(C3=NO[C@@H](C[C@](C)(C(=O)NO)S(C)(=O)=O)C3)cc2)cc1. The van der Waals surface area contributed by atoms with Gasteiger partial charge in [0.2, 0.25) is 0 Å². The van der Waals surface area contributed by atoms with E-state index >= 15 is 0 Å². The average molecular weight is 477 g/mol. The average Bonchev–Trinajstić information content (AvgIpc) is 3.25. The van der Waals surface area contributed by atoms with Gasteiger partial charge in [0.25, 0.3) is 5.91 Å². The Balaban J connectivity index is 1.66. The summed E-state index contributed by atoms with van der Waals surface area (Å²) in [6, 6.07) is 15.2. The highest BCUT2D eigenvalue weighted by atomic mass is 32.2. The molecule has 2 aromatic carbocycles. The summed E-state index contributed by atoms with van der Waals surface area (Å²) < 4.78 is 28.0. The topological polar surface area (TPSA) is 135 Å². The van der Waals surface area contributed by atoms with Crippen molar-refractivity contribution >= 4 is 21.5 Å². The summed E-state index contributed by atoms with van der Waals surface area (Å²) in [6.45, 7) is 3.14. The van der Waals surface area contributed by atoms with Crippen LogP contribution >= 0.6 is 0 Å². The van der Waals surface area contributed by atoms with E-state index < -0.39 is 32.7 Å². The molecular weight excluding hydrogens is 448 g/mol. The van der Waals surface area contributed by atoms with E-state index in [0.717, 1.165) is 22.9 Å². The summed E-state index contributed by atoms with van der Waals surface area (Å²) >= 11 is 0. The second-order valence-corrected chi connectivity index (χ2v) is 10.8. The number of oxime groups is 1. The van der Waals surface area contributed by atoms with Crippen LogP contribution in [0.15, 0.2) is 53.7 Å². The van der Waals surface area contributed by atoms with Gasteiger partial charge in [0.1, 0.15) is 18.5 Å². The molecule has 1 heterocycles. The number of rotatable bonds is 9. The minimum atomic E-state index is -3.82. The lowest BCUT2D eigenvalue weighted by molar-refractivity contribution is -0.132. The number of aliphatic hydroxyl groups excluding tert-OH is 1. The molecule has 3 rings (SSSR count). The number of carbonyl (C=O) groups is 1. The number of carbonyl (C=O) groups excluding carboxylic acids is 1. The lowest BCUT2D eigenvalue weighted by Crippen LogP contribution is -2.51. The van der Waals surface area contributed by atoms with Crippen LogP contribution in [-0.2, 0) is 19.5 Å². The zero-order valence-corrected chi connectivity index (χ0v) is 19.5. The van der Waals surface area contributed by atoms with Crippen LogP contribution in [0.5, 0.6) is 5.75 Å². The molecule has 0 spiro atoms. The second-order valence-electron chi connectivity index (χ2n) is 8.38. The molecule has 0 radical (unpaired) electrons. The maximum Gasteiger partial charge on any atom is 0.264 e. The molecule has 10 heteroatoms. The Hall–Kier alpha value is -2.95. The monoisotopic (exact) mass is 476 g/mol. The van der Waals surface area contributed by atoms with Crippen molar-refractivity contribution in [3.63, 3.8) is 0 Å². The number of hydrogen-bond donors (Lipinski definition) is 3. The van der Waals surface area contributed by atoms with Crippen molar-refractivity contribution in [2.45, 2.75) is 43.6 Å². The summed E-state index contributed by atoms with van der Waals surface area (Å²) in [5, 5.41) is 22.4. The normalized spacial score (nSPS) is 18.6. The molecule has 1 amide bonds. The Morgan fingerprint density at radius 1 is 1.18 bits per heavy atom. The molecule has 1 aliphatic heterocycles. The summed E-state index contributed by atoms with van der Waals surface area (Å²) in [6.07, 6.45) is -0.0217. The van der Waals surface area contributed by atoms with Crippen molar-refractivity contribution in [1.29, 1.82) is 0 Å². The van der Waals surface area contributed by atoms with Crippen LogP contribution in [0.1, 0.15) is 32.3 Å². The smallest absolute Gasteiger partial charge is 0.264 e. The number of sulfone groups is 1. The van der Waals surface area contributed by atoms with Gasteiger partial charge in [0, 0.05) is 19.1 Å². The van der Waals surface area contributed by atoms with Crippen LogP contribution in [0.3, 0.4) is 0 Å². The molecule has 178 valence electrons. The third-order valence-electron chi connectivity index (χ3n) is 5.65. The lowest BCUT2D eigenvalue weighted by Gasteiger charge is -2.26. The minimum absolute atomic E-state index is 0.146. The highest BCUT2D eigenvalue weighted by Crippen LogP contribution is 2.30. The maximum absolute atomic E-state index is 12.2. The molecule has 0 fully saturated rings. The van der Waals surface area contributed by atoms with E-state index in [1.807, 2.05) is 48.5 Å². The van der Waals surface area contributed by atoms with E-state index in [-0.39, 0.29) is 13.0 Å². The molecule has 2 aromatic rings. The van der Waals surface area contributed by atoms with E-state index in [0.29, 0.717) is 17.9 Å². The predicted octanol–water partition coefficient (Wildman–Crippen LogP) is 2.30. The molecule has 9 nitrogen and oxygen atoms in total. The molecule has 3 atom stereocenters. The van der Waals surface area contributed by atoms with Gasteiger partial charge in [-0.05, 0) is 42.7 Å². The molecular formula is C23H28N2O7S. The highest BCUT2D eigenvalue weighted by Gasteiger charge is 2.47. The number of ether oxygens (including phenoxy) is 1. The Morgan fingerprint density at radius 2 is 1.73 bits per heavy atom. The first kappa shape index (κ1) is 24.7. The fraction of sp³-hybridized carbons (Fsp3) is 0.391. The van der Waals surface area contributed by atoms with E-state index in [4.69, 9.17) is 14.8 Å². The first-order valence-corrected chi connectivity index (χ1v) is 12.3. The third-order valence-corrected chi connectivity index (χ3v) is 7.64. The molecule has 1 aliphatic rings. The summed E-state index contributed by atoms with van der Waals surface area (Å²) in [5.41, 5.74) is 4.89. The molecule has 0 bridgehead atoms. The molecule has 0 aliphatic carbocycles. The van der Waals surface area contributed by atoms with Crippen molar-refractivity contribution in [3.05, 3.63) is 54.1 Å². The number of amides is 1. The Bertz CT molecular complexity index is 1110. The number of hydrogen-bond acceptors (Lipinski definition) is 8. The van der Waals surface area contributed by atoms with Gasteiger partial charge in [0.15, 0.2) is 14.6 Å². The Morgan fingerprint density at radius 3 is 2.24 bits per heavy atom. The number of nitrogens with one attached hydrogen (secondary N) is 1. The van der Waals surface area contributed by atoms with Crippen molar-refractivity contribution in [3.8, 4) is 16.9 Å². The molecule has 0 saturated carbocycles. The fourth-order valence-electron chi connectivity index (χ4n) is 3.49. The number of nitrogens with zero attached hydrogens (tertiary/aromatic N) is 1. The second kappa shape index (κ2) is 9.90. The van der Waals surface area contributed by atoms with Crippen molar-refractivity contribution in [2.75, 3.05) is 12.9 Å². The third kappa shape index (κ3) is 5.70. The Kier molecular flexibility index (Phi) is 7.41. The van der Waals surface area contributed by atoms with E-state index in [1.165, 1.54) is 12.4 Å². The number of hydroxylamine groups is 1. The largest absolute Gasteiger partial charge is 0.491 e. The van der Waals surface area contributed by atoms with Crippen molar-refractivity contribution < 1.29 is 33.1 Å². The molecule has 33 heavy (non-hydrogen) atoms. The summed E-state index contributed by atoms with van der Waals surface area (Å²) in [7, 11) is -3.82. The van der Waals surface area contributed by atoms with Crippen LogP contribution < -0.4 is 10.2 Å². The molecule has 3 N–H and O–H groups in total. The van der Waals surface area contributed by atoms with Crippen LogP contribution in [0.4, 0.5) is 0 Å². The Labute approximate surface area is 192 Å². The summed E-state index contributed by atoms with van der Waals surface area (Å²) in [4.78, 5) is 17.4. The standard InChI is InChI=1S/C23H28N2O7S/c1-15(26)14-31-19-10-8-17(9-11-19)16-4-6-18(7-5-16)21-12-20(32-25-21)13-23(2,22(27)24-28)33(3,29)30/h4-11,15,20,26,28H,12-14H2,1-3H3,(H,24,27)/t15-,20-,23-/m1/s1. The van der Waals surface area contributed by atoms with Crippen LogP contribution in [0.25, 0.3) is 11.1 Å². The van der Waals surface area contributed by atoms with Gasteiger partial charge in [-0.15, -0.1) is 0 Å². The van der Waals surface area contributed by atoms with E-state index in [1.54, 1.807) is 6.92 Å². The summed E-state index contributed by atoms with van der Waals surface area (Å²) in [5.74, 6) is -0.329. The number of benzene rings is 2. The maximum atomic E-state index is 12.2. The van der Waals surface area contributed by atoms with Gasteiger partial charge < -0.3 is 14.7 Å². The van der Waals surface area contributed by atoms with Crippen LogP contribution in [0.2, 0.25) is 0 Å². The zero-order valence-electron chi connectivity index (χ0n) is 18.7. The van der Waals surface area contributed by atoms with Crippen LogP contribution in [0, 0.1) is 0 Å². The van der Waals surface area contributed by atoms with Gasteiger partial charge in [0.05, 0.1) is 11.8 Å². The van der Waals surface area contributed by atoms with Gasteiger partial charge in [-0.1, -0.05) is 41.6 Å². The minimum Gasteiger partial charge on any atom is -0.491 e. The van der Waals surface area contributed by atoms with Gasteiger partial charge in [-0.25, -0.2) is 13.9 Å². The van der Waals surface area contributed by atoms with Crippen molar-refractivity contribution in [2.24, 2.45) is 5.16 Å². The molecule has 0 saturated heterocycles. The van der Waals surface area contributed by atoms with Crippen LogP contribution in [-0.4, -0.2) is 60.2 Å². The van der Waals surface area contributed by atoms with Gasteiger partial charge >= 0.3 is 0 Å². The zero-order chi connectivity index (χ0) is 24.2. The van der Waals surface area contributed by atoms with E-state index in [2.05, 4.69) is 5.16 Å². The van der Waals surface area contributed by atoms with E-state index in [9.17, 15) is 18.3 Å². The molecule has 0 aromatic heterocycles. The van der Waals surface area contributed by atoms with Gasteiger partial charge in [-0.3, -0.25) is 10.0 Å². The lowest BCUT2D eigenvalue weighted by atomic mass is 9.95. The first-order chi connectivity index (χ1) is 15.5. The van der Waals surface area contributed by atoms with Gasteiger partial charge in [-0.2, -0.15) is 0 Å². The predicted molar refractivity (Wildman–Crippen MR) is 123 cm³/mol. The highest BCUT2D eigenvalue weighted by molar-refractivity contribution is 7.92. The number of aliphatic hydroxyl groups is 1.